The second-order valence-electron chi connectivity index (χ2n) is 8.41. The minimum absolute atomic E-state index is 0.126. The Labute approximate surface area is 141 Å². The molecule has 3 atom stereocenters. The van der Waals surface area contributed by atoms with E-state index in [9.17, 15) is 4.21 Å². The van der Waals surface area contributed by atoms with Gasteiger partial charge in [0.05, 0.1) is 10.8 Å². The fraction of sp³-hybridized carbons (Fsp3) is 0.526. The molecule has 124 valence electrons. The summed E-state index contributed by atoms with van der Waals surface area (Å²) < 4.78 is 13.0. The van der Waals surface area contributed by atoms with Gasteiger partial charge in [-0.25, -0.2) is 0 Å². The topological polar surface area (TPSA) is 38.7 Å². The molecule has 1 aromatic rings. The molecule has 3 nitrogen and oxygen atoms in total. The molecular formula is C19H25NO2S. The lowest BCUT2D eigenvalue weighted by Crippen LogP contribution is -2.55. The lowest BCUT2D eigenvalue weighted by atomic mass is 9.63. The van der Waals surface area contributed by atoms with Crippen LogP contribution in [0.15, 0.2) is 46.5 Å². The molecular weight excluding hydrogens is 306 g/mol. The van der Waals surface area contributed by atoms with Gasteiger partial charge in [0.25, 0.3) is 0 Å². The van der Waals surface area contributed by atoms with Crippen molar-refractivity contribution in [1.82, 2.24) is 0 Å². The van der Waals surface area contributed by atoms with E-state index in [2.05, 4.69) is 46.7 Å². The Kier molecular flexibility index (Phi) is 3.60. The molecule has 3 rings (SSSR count). The highest BCUT2D eigenvalue weighted by molar-refractivity contribution is 7.89. The maximum atomic E-state index is 13.0. The molecule has 0 spiro atoms. The predicted octanol–water partition coefficient (Wildman–Crippen LogP) is 4.27. The Bertz CT molecular complexity index is 707. The summed E-state index contributed by atoms with van der Waals surface area (Å²) in [6, 6.07) is 9.94. The van der Waals surface area contributed by atoms with Gasteiger partial charge < -0.3 is 4.84 Å². The van der Waals surface area contributed by atoms with Crippen LogP contribution < -0.4 is 0 Å². The maximum Gasteiger partial charge on any atom is 0.185 e. The highest BCUT2D eigenvalue weighted by Crippen LogP contribution is 2.56. The molecule has 0 bridgehead atoms. The molecule has 0 saturated carbocycles. The highest BCUT2D eigenvalue weighted by atomic mass is 32.2. The van der Waals surface area contributed by atoms with Crippen LogP contribution in [0.1, 0.15) is 47.1 Å². The van der Waals surface area contributed by atoms with Crippen LogP contribution in [0.4, 0.5) is 0 Å². The number of hydrogen-bond donors (Lipinski definition) is 0. The first-order valence-corrected chi connectivity index (χ1v) is 9.30. The van der Waals surface area contributed by atoms with Crippen molar-refractivity contribution in [3.05, 3.63) is 46.9 Å². The van der Waals surface area contributed by atoms with E-state index >= 15 is 0 Å². The molecule has 0 saturated heterocycles. The Morgan fingerprint density at radius 1 is 1.09 bits per heavy atom. The zero-order chi connectivity index (χ0) is 17.0. The Balaban J connectivity index is 2.16. The monoisotopic (exact) mass is 331 g/mol. The molecule has 0 aliphatic carbocycles. The largest absolute Gasteiger partial charge is 0.382 e. The molecule has 4 heteroatoms. The zero-order valence-corrected chi connectivity index (χ0v) is 15.5. The first-order chi connectivity index (χ1) is 10.6. The molecule has 0 fully saturated rings. The van der Waals surface area contributed by atoms with Crippen LogP contribution in [0.2, 0.25) is 0 Å². The van der Waals surface area contributed by atoms with E-state index in [1.165, 1.54) is 0 Å². The first-order valence-electron chi connectivity index (χ1n) is 8.03. The average molecular weight is 331 g/mol. The van der Waals surface area contributed by atoms with Gasteiger partial charge in [-0.3, -0.25) is 4.21 Å². The van der Waals surface area contributed by atoms with Crippen LogP contribution in [0, 0.1) is 10.8 Å². The van der Waals surface area contributed by atoms with Crippen LogP contribution in [-0.4, -0.2) is 20.8 Å². The van der Waals surface area contributed by atoms with E-state index < -0.39 is 16.4 Å². The summed E-state index contributed by atoms with van der Waals surface area (Å²) >= 11 is 0. The fourth-order valence-corrected chi connectivity index (χ4v) is 5.77. The summed E-state index contributed by atoms with van der Waals surface area (Å²) in [5.74, 6) is 0. The van der Waals surface area contributed by atoms with Crippen LogP contribution in [-0.2, 0) is 15.6 Å². The summed E-state index contributed by atoms with van der Waals surface area (Å²) in [7, 11) is -1.14. The molecule has 0 N–H and O–H groups in total. The molecule has 3 unspecified atom stereocenters. The first kappa shape index (κ1) is 16.4. The maximum absolute atomic E-state index is 13.0. The van der Waals surface area contributed by atoms with Crippen molar-refractivity contribution in [2.45, 2.75) is 52.4 Å². The fourth-order valence-electron chi connectivity index (χ4n) is 3.63. The van der Waals surface area contributed by atoms with E-state index in [1.54, 1.807) is 0 Å². The Morgan fingerprint density at radius 2 is 1.70 bits per heavy atom. The van der Waals surface area contributed by atoms with Crippen molar-refractivity contribution in [3.63, 3.8) is 0 Å². The average Bonchev–Trinajstić information content (AvgIpc) is 2.97. The van der Waals surface area contributed by atoms with Gasteiger partial charge in [-0.1, -0.05) is 77.0 Å². The molecule has 23 heavy (non-hydrogen) atoms. The molecule has 2 aliphatic heterocycles. The third kappa shape index (κ3) is 2.30. The van der Waals surface area contributed by atoms with Crippen molar-refractivity contribution in [2.75, 3.05) is 0 Å². The number of hydrogen-bond acceptors (Lipinski definition) is 3. The second kappa shape index (κ2) is 5.04. The lowest BCUT2D eigenvalue weighted by molar-refractivity contribution is -0.0720. The zero-order valence-electron chi connectivity index (χ0n) is 14.7. The normalized spacial score (nSPS) is 30.5. The standard InChI is InChI=1S/C19H25NO2S/c1-17(2,3)14-12-23(21)16-15(13-10-8-7-9-11-13)20-22-19(14,16)18(4,5)6/h7-12,16H,1-6H3. The van der Waals surface area contributed by atoms with Crippen LogP contribution in [0.5, 0.6) is 0 Å². The van der Waals surface area contributed by atoms with Crippen molar-refractivity contribution in [2.24, 2.45) is 16.0 Å². The summed E-state index contributed by atoms with van der Waals surface area (Å²) in [4.78, 5) is 6.13. The van der Waals surface area contributed by atoms with E-state index in [0.29, 0.717) is 0 Å². The SMILES string of the molecule is CC(C)(C)C1=CS(=O)C2C(c3ccccc3)=NOC12C(C)(C)C. The van der Waals surface area contributed by atoms with E-state index in [1.807, 2.05) is 35.7 Å². The van der Waals surface area contributed by atoms with Gasteiger partial charge in [0.1, 0.15) is 11.0 Å². The molecule has 1 aromatic carbocycles. The highest BCUT2D eigenvalue weighted by Gasteiger charge is 2.66. The van der Waals surface area contributed by atoms with E-state index in [0.717, 1.165) is 16.8 Å². The van der Waals surface area contributed by atoms with Crippen LogP contribution in [0.3, 0.4) is 0 Å². The van der Waals surface area contributed by atoms with Crippen molar-refractivity contribution in [3.8, 4) is 0 Å². The third-order valence-electron chi connectivity index (χ3n) is 4.76. The van der Waals surface area contributed by atoms with Gasteiger partial charge in [-0.2, -0.15) is 0 Å². The van der Waals surface area contributed by atoms with Gasteiger partial charge >= 0.3 is 0 Å². The summed E-state index contributed by atoms with van der Waals surface area (Å²) in [5.41, 5.74) is 1.88. The van der Waals surface area contributed by atoms with Crippen LogP contribution in [0.25, 0.3) is 0 Å². The number of oxime groups is 1. The number of fused-ring (bicyclic) bond motifs is 1. The van der Waals surface area contributed by atoms with E-state index in [4.69, 9.17) is 4.84 Å². The number of benzene rings is 1. The molecule has 0 amide bonds. The minimum atomic E-state index is -1.14. The summed E-state index contributed by atoms with van der Waals surface area (Å²) in [5, 5.41) is 6.09. The minimum Gasteiger partial charge on any atom is -0.382 e. The smallest absolute Gasteiger partial charge is 0.185 e. The molecule has 0 radical (unpaired) electrons. The molecule has 0 aromatic heterocycles. The second-order valence-corrected chi connectivity index (χ2v) is 9.77. The Morgan fingerprint density at radius 3 is 2.22 bits per heavy atom. The summed E-state index contributed by atoms with van der Waals surface area (Å²) in [6.07, 6.45) is 0. The Hall–Kier alpha value is -1.42. The van der Waals surface area contributed by atoms with Gasteiger partial charge in [0, 0.05) is 16.4 Å². The molecule has 2 heterocycles. The van der Waals surface area contributed by atoms with Crippen LogP contribution >= 0.6 is 0 Å². The van der Waals surface area contributed by atoms with Gasteiger partial charge in [0.15, 0.2) is 5.60 Å². The lowest BCUT2D eigenvalue weighted by Gasteiger charge is -2.44. The van der Waals surface area contributed by atoms with Crippen molar-refractivity contribution < 1.29 is 9.05 Å². The number of rotatable bonds is 1. The van der Waals surface area contributed by atoms with Crippen molar-refractivity contribution >= 4 is 16.5 Å². The molecule has 2 aliphatic rings. The van der Waals surface area contributed by atoms with E-state index in [-0.39, 0.29) is 16.1 Å². The predicted molar refractivity (Wildman–Crippen MR) is 95.7 cm³/mol. The van der Waals surface area contributed by atoms with Gasteiger partial charge in [-0.15, -0.1) is 0 Å². The quantitative estimate of drug-likeness (QED) is 0.771. The third-order valence-corrected chi connectivity index (χ3v) is 6.25. The summed E-state index contributed by atoms with van der Waals surface area (Å²) in [6.45, 7) is 12.9. The number of nitrogens with zero attached hydrogens (tertiary/aromatic N) is 1. The van der Waals surface area contributed by atoms with Crippen molar-refractivity contribution in [1.29, 1.82) is 0 Å². The van der Waals surface area contributed by atoms with Gasteiger partial charge in [-0.05, 0) is 11.0 Å². The van der Waals surface area contributed by atoms with Gasteiger partial charge in [0.2, 0.25) is 0 Å².